The molecule has 1 saturated heterocycles. The van der Waals surface area contributed by atoms with Crippen LogP contribution in [0.3, 0.4) is 0 Å². The molecule has 2 aromatic carbocycles. The van der Waals surface area contributed by atoms with E-state index in [4.69, 9.17) is 4.74 Å². The number of ether oxygens (including phenoxy) is 1. The van der Waals surface area contributed by atoms with Crippen LogP contribution in [-0.4, -0.2) is 54.4 Å². The number of amides is 2. The van der Waals surface area contributed by atoms with Gasteiger partial charge in [0.2, 0.25) is 5.91 Å². The number of nitrogens with zero attached hydrogens (tertiary/aromatic N) is 2. The standard InChI is InChI=1S/C22H25FN2O3/c1-17-5-2-3-6-20(17)28-16-4-7-21(26)24-12-14-25(15-13-24)22(27)18-8-10-19(23)11-9-18/h2-3,5-6,8-11H,4,7,12-16H2,1H3. The van der Waals surface area contributed by atoms with Gasteiger partial charge in [-0.15, -0.1) is 0 Å². The van der Waals surface area contributed by atoms with E-state index in [1.54, 1.807) is 9.80 Å². The number of rotatable bonds is 6. The lowest BCUT2D eigenvalue weighted by Crippen LogP contribution is -2.50. The van der Waals surface area contributed by atoms with Crippen LogP contribution in [0.2, 0.25) is 0 Å². The number of carbonyl (C=O) groups is 2. The van der Waals surface area contributed by atoms with Crippen molar-refractivity contribution in [2.45, 2.75) is 19.8 Å². The van der Waals surface area contributed by atoms with Crippen LogP contribution in [0.25, 0.3) is 0 Å². The number of halogens is 1. The Hall–Kier alpha value is -2.89. The van der Waals surface area contributed by atoms with E-state index in [2.05, 4.69) is 0 Å². The fraction of sp³-hybridized carbons (Fsp3) is 0.364. The number of hydrogen-bond donors (Lipinski definition) is 0. The Morgan fingerprint density at radius 1 is 0.964 bits per heavy atom. The monoisotopic (exact) mass is 384 g/mol. The first-order valence-corrected chi connectivity index (χ1v) is 9.55. The van der Waals surface area contributed by atoms with Crippen LogP contribution < -0.4 is 4.74 Å². The molecule has 0 unspecified atom stereocenters. The van der Waals surface area contributed by atoms with Crippen molar-refractivity contribution in [2.24, 2.45) is 0 Å². The van der Waals surface area contributed by atoms with Gasteiger partial charge in [0, 0.05) is 38.2 Å². The Morgan fingerprint density at radius 2 is 1.61 bits per heavy atom. The quantitative estimate of drug-likeness (QED) is 0.718. The maximum Gasteiger partial charge on any atom is 0.253 e. The summed E-state index contributed by atoms with van der Waals surface area (Å²) in [4.78, 5) is 28.3. The number of benzene rings is 2. The molecular weight excluding hydrogens is 359 g/mol. The van der Waals surface area contributed by atoms with Crippen LogP contribution in [0.4, 0.5) is 4.39 Å². The molecule has 0 atom stereocenters. The highest BCUT2D eigenvalue weighted by atomic mass is 19.1. The summed E-state index contributed by atoms with van der Waals surface area (Å²) in [6.45, 7) is 4.50. The molecule has 3 rings (SSSR count). The summed E-state index contributed by atoms with van der Waals surface area (Å²) < 4.78 is 18.7. The lowest BCUT2D eigenvalue weighted by molar-refractivity contribution is -0.132. The van der Waals surface area contributed by atoms with Crippen molar-refractivity contribution in [1.82, 2.24) is 9.80 Å². The van der Waals surface area contributed by atoms with Crippen molar-refractivity contribution in [3.05, 3.63) is 65.5 Å². The second-order valence-corrected chi connectivity index (χ2v) is 6.90. The fourth-order valence-electron chi connectivity index (χ4n) is 3.22. The molecule has 0 N–H and O–H groups in total. The van der Waals surface area contributed by atoms with Gasteiger partial charge in [0.1, 0.15) is 11.6 Å². The van der Waals surface area contributed by atoms with Crippen LogP contribution in [0.5, 0.6) is 5.75 Å². The van der Waals surface area contributed by atoms with Crippen molar-refractivity contribution in [3.8, 4) is 5.75 Å². The van der Waals surface area contributed by atoms with Crippen LogP contribution >= 0.6 is 0 Å². The minimum Gasteiger partial charge on any atom is -0.493 e. The maximum atomic E-state index is 13.0. The van der Waals surface area contributed by atoms with Crippen molar-refractivity contribution >= 4 is 11.8 Å². The third kappa shape index (κ3) is 5.09. The van der Waals surface area contributed by atoms with E-state index >= 15 is 0 Å². The predicted octanol–water partition coefficient (Wildman–Crippen LogP) is 3.28. The molecule has 2 amide bonds. The van der Waals surface area contributed by atoms with E-state index < -0.39 is 0 Å². The second-order valence-electron chi connectivity index (χ2n) is 6.90. The van der Waals surface area contributed by atoms with Gasteiger partial charge < -0.3 is 14.5 Å². The van der Waals surface area contributed by atoms with E-state index in [1.807, 2.05) is 31.2 Å². The average molecular weight is 384 g/mol. The molecule has 6 heteroatoms. The molecule has 1 fully saturated rings. The summed E-state index contributed by atoms with van der Waals surface area (Å²) in [5, 5.41) is 0. The van der Waals surface area contributed by atoms with Crippen LogP contribution in [-0.2, 0) is 4.79 Å². The number of piperazine rings is 1. The maximum absolute atomic E-state index is 13.0. The molecule has 148 valence electrons. The first-order chi connectivity index (χ1) is 13.5. The third-order valence-corrected chi connectivity index (χ3v) is 4.90. The molecule has 1 heterocycles. The van der Waals surface area contributed by atoms with Gasteiger partial charge in [-0.1, -0.05) is 18.2 Å². The van der Waals surface area contributed by atoms with E-state index in [0.717, 1.165) is 11.3 Å². The Bertz CT molecular complexity index is 815. The summed E-state index contributed by atoms with van der Waals surface area (Å²) in [5.74, 6) is 0.447. The Balaban J connectivity index is 1.39. The topological polar surface area (TPSA) is 49.9 Å². The zero-order valence-electron chi connectivity index (χ0n) is 16.1. The summed E-state index contributed by atoms with van der Waals surface area (Å²) in [5.41, 5.74) is 1.55. The zero-order valence-corrected chi connectivity index (χ0v) is 16.1. The molecule has 0 bridgehead atoms. The summed E-state index contributed by atoms with van der Waals surface area (Å²) >= 11 is 0. The SMILES string of the molecule is Cc1ccccc1OCCCC(=O)N1CCN(C(=O)c2ccc(F)cc2)CC1. The number of carbonyl (C=O) groups excluding carboxylic acids is 2. The summed E-state index contributed by atoms with van der Waals surface area (Å²) in [7, 11) is 0. The largest absolute Gasteiger partial charge is 0.493 e. The smallest absolute Gasteiger partial charge is 0.253 e. The second kappa shape index (κ2) is 9.35. The zero-order chi connectivity index (χ0) is 19.9. The van der Waals surface area contributed by atoms with Gasteiger partial charge in [-0.3, -0.25) is 9.59 Å². The third-order valence-electron chi connectivity index (χ3n) is 4.90. The lowest BCUT2D eigenvalue weighted by atomic mass is 10.1. The van der Waals surface area contributed by atoms with Gasteiger partial charge in [0.05, 0.1) is 6.61 Å². The van der Waals surface area contributed by atoms with E-state index in [-0.39, 0.29) is 17.6 Å². The van der Waals surface area contributed by atoms with Crippen LogP contribution in [0.15, 0.2) is 48.5 Å². The van der Waals surface area contributed by atoms with E-state index in [1.165, 1.54) is 24.3 Å². The Labute approximate surface area is 164 Å². The lowest BCUT2D eigenvalue weighted by Gasteiger charge is -2.35. The van der Waals surface area contributed by atoms with Gasteiger partial charge in [-0.25, -0.2) is 4.39 Å². The highest BCUT2D eigenvalue weighted by Gasteiger charge is 2.24. The van der Waals surface area contributed by atoms with Gasteiger partial charge in [-0.2, -0.15) is 0 Å². The number of para-hydroxylation sites is 1. The molecule has 0 aromatic heterocycles. The van der Waals surface area contributed by atoms with Crippen molar-refractivity contribution in [3.63, 3.8) is 0 Å². The van der Waals surface area contributed by atoms with Crippen molar-refractivity contribution in [1.29, 1.82) is 0 Å². The highest BCUT2D eigenvalue weighted by Crippen LogP contribution is 2.17. The van der Waals surface area contributed by atoms with Crippen molar-refractivity contribution in [2.75, 3.05) is 32.8 Å². The summed E-state index contributed by atoms with van der Waals surface area (Å²) in [6.07, 6.45) is 1.08. The molecule has 1 aliphatic rings. The minimum atomic E-state index is -0.363. The molecular formula is C22H25FN2O3. The van der Waals surface area contributed by atoms with Crippen molar-refractivity contribution < 1.29 is 18.7 Å². The van der Waals surface area contributed by atoms with E-state index in [9.17, 15) is 14.0 Å². The first kappa shape index (κ1) is 19.9. The van der Waals surface area contributed by atoms with Crippen LogP contribution in [0.1, 0.15) is 28.8 Å². The Morgan fingerprint density at radius 3 is 2.29 bits per heavy atom. The van der Waals surface area contributed by atoms with Gasteiger partial charge in [0.25, 0.3) is 5.91 Å². The molecule has 5 nitrogen and oxygen atoms in total. The molecule has 0 radical (unpaired) electrons. The van der Waals surface area contributed by atoms with Gasteiger partial charge >= 0.3 is 0 Å². The molecule has 1 aliphatic heterocycles. The predicted molar refractivity (Wildman–Crippen MR) is 105 cm³/mol. The number of aryl methyl sites for hydroxylation is 1. The number of hydrogen-bond acceptors (Lipinski definition) is 3. The van der Waals surface area contributed by atoms with Gasteiger partial charge in [-0.05, 0) is 49.2 Å². The minimum absolute atomic E-state index is 0.0854. The van der Waals surface area contributed by atoms with Crippen LogP contribution in [0, 0.1) is 12.7 Å². The fourth-order valence-corrected chi connectivity index (χ4v) is 3.22. The molecule has 2 aromatic rings. The molecule has 0 saturated carbocycles. The highest BCUT2D eigenvalue weighted by molar-refractivity contribution is 5.94. The molecule has 0 aliphatic carbocycles. The first-order valence-electron chi connectivity index (χ1n) is 9.55. The molecule has 28 heavy (non-hydrogen) atoms. The average Bonchev–Trinajstić information content (AvgIpc) is 2.72. The van der Waals surface area contributed by atoms with E-state index in [0.29, 0.717) is 51.2 Å². The normalized spacial score (nSPS) is 14.1. The summed E-state index contributed by atoms with van der Waals surface area (Å²) in [6, 6.07) is 13.4. The Kier molecular flexibility index (Phi) is 6.63. The van der Waals surface area contributed by atoms with Gasteiger partial charge in [0.15, 0.2) is 0 Å². The molecule has 0 spiro atoms.